The topological polar surface area (TPSA) is 63.7 Å². The normalized spacial score (nSPS) is 14.5. The van der Waals surface area contributed by atoms with Crippen molar-refractivity contribution in [3.05, 3.63) is 40.4 Å². The summed E-state index contributed by atoms with van der Waals surface area (Å²) < 4.78 is 10.7. The molecule has 128 valence electrons. The van der Waals surface area contributed by atoms with Crippen molar-refractivity contribution >= 4 is 34.0 Å². The quantitative estimate of drug-likeness (QED) is 0.849. The first kappa shape index (κ1) is 17.0. The van der Waals surface area contributed by atoms with Crippen molar-refractivity contribution in [2.45, 2.75) is 6.54 Å². The van der Waals surface area contributed by atoms with E-state index in [1.807, 2.05) is 5.38 Å². The van der Waals surface area contributed by atoms with Crippen molar-refractivity contribution < 1.29 is 14.3 Å². The van der Waals surface area contributed by atoms with Gasteiger partial charge in [-0.2, -0.15) is 0 Å². The molecule has 0 saturated carbocycles. The molecule has 1 aromatic carbocycles. The third-order valence-electron chi connectivity index (χ3n) is 3.47. The number of nitrogens with one attached hydrogen (secondary N) is 1. The molecule has 0 radical (unpaired) electrons. The summed E-state index contributed by atoms with van der Waals surface area (Å²) in [5.41, 5.74) is 0.848. The number of hydrogen-bond donors (Lipinski definition) is 1. The van der Waals surface area contributed by atoms with E-state index in [1.54, 1.807) is 35.6 Å². The summed E-state index contributed by atoms with van der Waals surface area (Å²) in [6, 6.07) is 6.89. The standard InChI is InChI=1S/C16H18ClN3O3S/c17-12-1-3-14(4-2-12)23-10-15(21)18-9-13-11-24-16(19-13)20-5-7-22-8-6-20/h1-4,11H,5-10H2,(H,18,21). The molecular weight excluding hydrogens is 350 g/mol. The predicted octanol–water partition coefficient (Wildman–Crippen LogP) is 2.33. The highest BCUT2D eigenvalue weighted by Crippen LogP contribution is 2.21. The number of ether oxygens (including phenoxy) is 2. The molecule has 6 nitrogen and oxygen atoms in total. The summed E-state index contributed by atoms with van der Waals surface area (Å²) >= 11 is 7.38. The van der Waals surface area contributed by atoms with Crippen LogP contribution in [0.25, 0.3) is 0 Å². The Hall–Kier alpha value is -1.83. The molecule has 1 amide bonds. The molecular formula is C16H18ClN3O3S. The van der Waals surface area contributed by atoms with E-state index in [2.05, 4.69) is 15.2 Å². The van der Waals surface area contributed by atoms with E-state index in [0.717, 1.165) is 37.1 Å². The van der Waals surface area contributed by atoms with Gasteiger partial charge in [-0.25, -0.2) is 4.98 Å². The van der Waals surface area contributed by atoms with Crippen LogP contribution >= 0.6 is 22.9 Å². The molecule has 0 aliphatic carbocycles. The molecule has 1 aromatic heterocycles. The Balaban J connectivity index is 1.42. The second-order valence-electron chi connectivity index (χ2n) is 5.24. The largest absolute Gasteiger partial charge is 0.484 e. The molecule has 0 unspecified atom stereocenters. The fourth-order valence-corrected chi connectivity index (χ4v) is 3.20. The highest BCUT2D eigenvalue weighted by Gasteiger charge is 2.14. The zero-order valence-electron chi connectivity index (χ0n) is 13.0. The number of carbonyl (C=O) groups is 1. The molecule has 1 fully saturated rings. The molecule has 1 aliphatic heterocycles. The van der Waals surface area contributed by atoms with Crippen LogP contribution in [-0.4, -0.2) is 43.8 Å². The molecule has 1 aliphatic rings. The van der Waals surface area contributed by atoms with E-state index in [-0.39, 0.29) is 12.5 Å². The second kappa shape index (κ2) is 8.32. The fourth-order valence-electron chi connectivity index (χ4n) is 2.20. The van der Waals surface area contributed by atoms with Gasteiger partial charge in [0.1, 0.15) is 5.75 Å². The molecule has 24 heavy (non-hydrogen) atoms. The minimum atomic E-state index is -0.189. The Labute approximate surface area is 149 Å². The first-order valence-electron chi connectivity index (χ1n) is 7.63. The van der Waals surface area contributed by atoms with Gasteiger partial charge in [-0.15, -0.1) is 11.3 Å². The Morgan fingerprint density at radius 1 is 1.33 bits per heavy atom. The average Bonchev–Trinajstić information content (AvgIpc) is 3.09. The van der Waals surface area contributed by atoms with E-state index in [1.165, 1.54) is 0 Å². The number of thiazole rings is 1. The second-order valence-corrected chi connectivity index (χ2v) is 6.51. The first-order valence-corrected chi connectivity index (χ1v) is 8.88. The number of rotatable bonds is 6. The summed E-state index contributed by atoms with van der Waals surface area (Å²) in [5.74, 6) is 0.420. The van der Waals surface area contributed by atoms with Crippen molar-refractivity contribution in [3.8, 4) is 5.75 Å². The van der Waals surface area contributed by atoms with Gasteiger partial charge in [-0.3, -0.25) is 4.79 Å². The summed E-state index contributed by atoms with van der Waals surface area (Å²) in [6.45, 7) is 3.52. The van der Waals surface area contributed by atoms with Crippen LogP contribution in [0.2, 0.25) is 5.02 Å². The van der Waals surface area contributed by atoms with Gasteiger partial charge in [0, 0.05) is 23.5 Å². The monoisotopic (exact) mass is 367 g/mol. The molecule has 2 heterocycles. The van der Waals surface area contributed by atoms with Gasteiger partial charge in [0.15, 0.2) is 11.7 Å². The van der Waals surface area contributed by atoms with Crippen LogP contribution in [0.1, 0.15) is 5.69 Å². The lowest BCUT2D eigenvalue weighted by Crippen LogP contribution is -2.36. The van der Waals surface area contributed by atoms with Crippen LogP contribution < -0.4 is 15.0 Å². The Bertz CT molecular complexity index is 671. The van der Waals surface area contributed by atoms with Crippen LogP contribution in [0.5, 0.6) is 5.75 Å². The number of benzene rings is 1. The number of morpholine rings is 1. The lowest BCUT2D eigenvalue weighted by molar-refractivity contribution is -0.123. The third-order valence-corrected chi connectivity index (χ3v) is 4.67. The van der Waals surface area contributed by atoms with Crippen molar-refractivity contribution in [3.63, 3.8) is 0 Å². The maximum atomic E-state index is 11.9. The SMILES string of the molecule is O=C(COc1ccc(Cl)cc1)NCc1csc(N2CCOCC2)n1. The predicted molar refractivity (Wildman–Crippen MR) is 93.9 cm³/mol. The van der Waals surface area contributed by atoms with Crippen LogP contribution in [-0.2, 0) is 16.1 Å². The molecule has 1 N–H and O–H groups in total. The maximum absolute atomic E-state index is 11.9. The van der Waals surface area contributed by atoms with Gasteiger partial charge in [-0.1, -0.05) is 11.6 Å². The molecule has 2 aromatic rings. The zero-order chi connectivity index (χ0) is 16.8. The van der Waals surface area contributed by atoms with Gasteiger partial charge in [0.05, 0.1) is 25.5 Å². The minimum absolute atomic E-state index is 0.0396. The number of anilines is 1. The lowest BCUT2D eigenvalue weighted by Gasteiger charge is -2.26. The number of carbonyl (C=O) groups excluding carboxylic acids is 1. The molecule has 3 rings (SSSR count). The molecule has 0 atom stereocenters. The van der Waals surface area contributed by atoms with Gasteiger partial charge < -0.3 is 19.7 Å². The zero-order valence-corrected chi connectivity index (χ0v) is 14.6. The van der Waals surface area contributed by atoms with Crippen molar-refractivity contribution in [1.29, 1.82) is 0 Å². The minimum Gasteiger partial charge on any atom is -0.484 e. The van der Waals surface area contributed by atoms with Gasteiger partial charge in [0.2, 0.25) is 0 Å². The summed E-state index contributed by atoms with van der Waals surface area (Å²) in [5, 5.41) is 6.37. The number of aromatic nitrogens is 1. The van der Waals surface area contributed by atoms with E-state index in [0.29, 0.717) is 17.3 Å². The van der Waals surface area contributed by atoms with Crippen molar-refractivity contribution in [1.82, 2.24) is 10.3 Å². The Morgan fingerprint density at radius 2 is 2.08 bits per heavy atom. The summed E-state index contributed by atoms with van der Waals surface area (Å²) in [6.07, 6.45) is 0. The third kappa shape index (κ3) is 4.83. The maximum Gasteiger partial charge on any atom is 0.258 e. The van der Waals surface area contributed by atoms with E-state index >= 15 is 0 Å². The first-order chi connectivity index (χ1) is 11.7. The molecule has 0 spiro atoms. The lowest BCUT2D eigenvalue weighted by atomic mass is 10.3. The number of nitrogens with zero attached hydrogens (tertiary/aromatic N) is 2. The highest BCUT2D eigenvalue weighted by molar-refractivity contribution is 7.13. The van der Waals surface area contributed by atoms with E-state index in [4.69, 9.17) is 21.1 Å². The van der Waals surface area contributed by atoms with Crippen molar-refractivity contribution in [2.24, 2.45) is 0 Å². The number of halogens is 1. The van der Waals surface area contributed by atoms with Crippen LogP contribution in [0.3, 0.4) is 0 Å². The number of hydrogen-bond acceptors (Lipinski definition) is 6. The van der Waals surface area contributed by atoms with Gasteiger partial charge in [-0.05, 0) is 24.3 Å². The van der Waals surface area contributed by atoms with Gasteiger partial charge >= 0.3 is 0 Å². The van der Waals surface area contributed by atoms with Crippen LogP contribution in [0, 0.1) is 0 Å². The van der Waals surface area contributed by atoms with Gasteiger partial charge in [0.25, 0.3) is 5.91 Å². The fraction of sp³-hybridized carbons (Fsp3) is 0.375. The highest BCUT2D eigenvalue weighted by atomic mass is 35.5. The molecule has 1 saturated heterocycles. The molecule has 8 heteroatoms. The summed E-state index contributed by atoms with van der Waals surface area (Å²) in [4.78, 5) is 18.6. The van der Waals surface area contributed by atoms with Crippen LogP contribution in [0.4, 0.5) is 5.13 Å². The smallest absolute Gasteiger partial charge is 0.258 e. The molecule has 0 bridgehead atoms. The summed E-state index contributed by atoms with van der Waals surface area (Å²) in [7, 11) is 0. The van der Waals surface area contributed by atoms with Crippen molar-refractivity contribution in [2.75, 3.05) is 37.8 Å². The number of amides is 1. The average molecular weight is 368 g/mol. The van der Waals surface area contributed by atoms with E-state index < -0.39 is 0 Å². The van der Waals surface area contributed by atoms with Crippen LogP contribution in [0.15, 0.2) is 29.6 Å². The Morgan fingerprint density at radius 3 is 2.83 bits per heavy atom. The van der Waals surface area contributed by atoms with E-state index in [9.17, 15) is 4.79 Å². The Kier molecular flexibility index (Phi) is 5.90.